The third kappa shape index (κ3) is 4.26. The van der Waals surface area contributed by atoms with Crippen LogP contribution in [-0.2, 0) is 6.18 Å². The molecule has 2 aromatic rings. The smallest absolute Gasteiger partial charge is 0.433 e. The Bertz CT molecular complexity index is 919. The summed E-state index contributed by atoms with van der Waals surface area (Å²) in [6.07, 6.45) is -3.96. The second kappa shape index (κ2) is 7.86. The van der Waals surface area contributed by atoms with Crippen LogP contribution in [0, 0.1) is 17.7 Å². The summed E-state index contributed by atoms with van der Waals surface area (Å²) >= 11 is 0. The molecule has 160 valence electrons. The molecule has 1 N–H and O–H groups in total. The van der Waals surface area contributed by atoms with Gasteiger partial charge >= 0.3 is 6.18 Å². The first kappa shape index (κ1) is 20.6. The molecule has 2 aliphatic rings. The van der Waals surface area contributed by atoms with E-state index in [9.17, 15) is 27.5 Å². The van der Waals surface area contributed by atoms with Gasteiger partial charge in [-0.25, -0.2) is 4.39 Å². The Balaban J connectivity index is 1.43. The molecule has 0 bridgehead atoms. The molecule has 9 heteroatoms. The van der Waals surface area contributed by atoms with E-state index in [4.69, 9.17) is 4.74 Å². The first-order valence-corrected chi connectivity index (χ1v) is 9.63. The average Bonchev–Trinajstić information content (AvgIpc) is 3.11. The third-order valence-electron chi connectivity index (χ3n) is 5.77. The van der Waals surface area contributed by atoms with Gasteiger partial charge in [0.1, 0.15) is 23.4 Å². The highest BCUT2D eigenvalue weighted by Crippen LogP contribution is 2.38. The minimum absolute atomic E-state index is 0.0425. The molecule has 0 unspecified atom stereocenters. The van der Waals surface area contributed by atoms with Gasteiger partial charge in [-0.05, 0) is 61.1 Å². The van der Waals surface area contributed by atoms with E-state index in [0.29, 0.717) is 31.7 Å². The van der Waals surface area contributed by atoms with Crippen LogP contribution in [-0.4, -0.2) is 46.2 Å². The minimum atomic E-state index is -4.62. The minimum Gasteiger partial charge on any atom is -0.488 e. The topological polar surface area (TPSA) is 62.7 Å². The predicted molar refractivity (Wildman–Crippen MR) is 98.2 cm³/mol. The number of alkyl halides is 3. The largest absolute Gasteiger partial charge is 0.488 e. The molecule has 2 fully saturated rings. The molecule has 30 heavy (non-hydrogen) atoms. The zero-order valence-corrected chi connectivity index (χ0v) is 15.8. The molecule has 0 spiro atoms. The van der Waals surface area contributed by atoms with E-state index in [0.717, 1.165) is 12.3 Å². The monoisotopic (exact) mass is 424 g/mol. The average molecular weight is 424 g/mol. The summed E-state index contributed by atoms with van der Waals surface area (Å²) in [6, 6.07) is 7.55. The van der Waals surface area contributed by atoms with Crippen molar-refractivity contribution in [2.75, 3.05) is 13.1 Å². The van der Waals surface area contributed by atoms with Crippen LogP contribution < -0.4 is 4.74 Å². The summed E-state index contributed by atoms with van der Waals surface area (Å²) in [6.45, 7) is 0.747. The van der Waals surface area contributed by atoms with Gasteiger partial charge in [-0.3, -0.25) is 9.78 Å². The van der Waals surface area contributed by atoms with E-state index in [1.54, 1.807) is 0 Å². The van der Waals surface area contributed by atoms with Crippen LogP contribution in [0.1, 0.15) is 28.9 Å². The van der Waals surface area contributed by atoms with Crippen LogP contribution in [0.4, 0.5) is 17.6 Å². The zero-order valence-electron chi connectivity index (χ0n) is 15.8. The summed E-state index contributed by atoms with van der Waals surface area (Å²) in [7, 11) is 0. The van der Waals surface area contributed by atoms with Crippen LogP contribution >= 0.6 is 0 Å². The zero-order chi connectivity index (χ0) is 21.5. The first-order chi connectivity index (χ1) is 14.2. The molecule has 1 aromatic heterocycles. The summed E-state index contributed by atoms with van der Waals surface area (Å²) in [5, 5.41) is 10.5. The lowest BCUT2D eigenvalue weighted by molar-refractivity contribution is -0.141. The Kier molecular flexibility index (Phi) is 5.40. The molecule has 1 saturated heterocycles. The molecular formula is C21H20F4N2O3. The van der Waals surface area contributed by atoms with E-state index in [-0.39, 0.29) is 23.2 Å². The van der Waals surface area contributed by atoms with E-state index in [1.165, 1.54) is 35.2 Å². The molecule has 1 saturated carbocycles. The SMILES string of the molecule is O=C(c1ccnc(C(F)(F)F)c1)N1C[C@H]2C[C@@H](Oc3ccc(F)cc3)[C@H](O)C[C@H]2C1. The molecule has 0 radical (unpaired) electrons. The molecule has 4 rings (SSSR count). The van der Waals surface area contributed by atoms with Gasteiger partial charge in [0.15, 0.2) is 0 Å². The second-order valence-electron chi connectivity index (χ2n) is 7.81. The number of hydrogen-bond acceptors (Lipinski definition) is 4. The number of aromatic nitrogens is 1. The van der Waals surface area contributed by atoms with Crippen LogP contribution in [0.3, 0.4) is 0 Å². The highest BCUT2D eigenvalue weighted by molar-refractivity contribution is 5.94. The van der Waals surface area contributed by atoms with Crippen molar-refractivity contribution >= 4 is 5.91 Å². The normalized spacial score (nSPS) is 26.4. The molecule has 5 nitrogen and oxygen atoms in total. The molecule has 1 amide bonds. The molecule has 1 aliphatic heterocycles. The van der Waals surface area contributed by atoms with Crippen molar-refractivity contribution in [1.82, 2.24) is 9.88 Å². The Labute approximate surface area is 170 Å². The molecule has 1 aliphatic carbocycles. The van der Waals surface area contributed by atoms with Crippen molar-refractivity contribution < 1.29 is 32.2 Å². The Morgan fingerprint density at radius 3 is 2.43 bits per heavy atom. The van der Waals surface area contributed by atoms with Gasteiger partial charge in [0.2, 0.25) is 0 Å². The summed E-state index contributed by atoms with van der Waals surface area (Å²) in [5.74, 6) is -0.321. The quantitative estimate of drug-likeness (QED) is 0.766. The number of nitrogens with zero attached hydrogens (tertiary/aromatic N) is 2. The van der Waals surface area contributed by atoms with Gasteiger partial charge in [0.25, 0.3) is 5.91 Å². The van der Waals surface area contributed by atoms with Crippen LogP contribution in [0.15, 0.2) is 42.6 Å². The van der Waals surface area contributed by atoms with Gasteiger partial charge in [-0.2, -0.15) is 13.2 Å². The standard InChI is InChI=1S/C21H20F4N2O3/c22-15-1-3-16(4-2-15)30-18-8-14-11-27(10-13(14)7-17(18)28)20(29)12-5-6-26-19(9-12)21(23,24)25/h1-6,9,13-14,17-18,28H,7-8,10-11H2/t13-,14+,17+,18+/m0/s1. The van der Waals surface area contributed by atoms with E-state index in [2.05, 4.69) is 4.98 Å². The Morgan fingerprint density at radius 1 is 1.10 bits per heavy atom. The molecule has 4 atom stereocenters. The van der Waals surface area contributed by atoms with Crippen molar-refractivity contribution in [3.8, 4) is 5.75 Å². The van der Waals surface area contributed by atoms with Crippen LogP contribution in [0.2, 0.25) is 0 Å². The number of rotatable bonds is 3. The molecule has 1 aromatic carbocycles. The summed E-state index contributed by atoms with van der Waals surface area (Å²) in [5.41, 5.74) is -1.16. The van der Waals surface area contributed by atoms with Gasteiger partial charge in [0.05, 0.1) is 6.10 Å². The van der Waals surface area contributed by atoms with Crippen molar-refractivity contribution in [3.63, 3.8) is 0 Å². The van der Waals surface area contributed by atoms with E-state index < -0.39 is 30.0 Å². The fourth-order valence-corrected chi connectivity index (χ4v) is 4.27. The van der Waals surface area contributed by atoms with Gasteiger partial charge < -0.3 is 14.7 Å². The number of hydrogen-bond donors (Lipinski definition) is 1. The molecular weight excluding hydrogens is 404 g/mol. The van der Waals surface area contributed by atoms with Crippen molar-refractivity contribution in [2.24, 2.45) is 11.8 Å². The van der Waals surface area contributed by atoms with E-state index >= 15 is 0 Å². The summed E-state index contributed by atoms with van der Waals surface area (Å²) in [4.78, 5) is 17.6. The number of halogens is 4. The lowest BCUT2D eigenvalue weighted by Crippen LogP contribution is -2.42. The van der Waals surface area contributed by atoms with Crippen molar-refractivity contribution in [2.45, 2.75) is 31.2 Å². The number of benzene rings is 1. The number of carbonyl (C=O) groups is 1. The number of ether oxygens (including phenoxy) is 1. The van der Waals surface area contributed by atoms with Crippen LogP contribution in [0.25, 0.3) is 0 Å². The number of amides is 1. The number of aliphatic hydroxyl groups excluding tert-OH is 1. The lowest BCUT2D eigenvalue weighted by Gasteiger charge is -2.35. The predicted octanol–water partition coefficient (Wildman–Crippen LogP) is 3.53. The molecule has 2 heterocycles. The second-order valence-corrected chi connectivity index (χ2v) is 7.81. The first-order valence-electron chi connectivity index (χ1n) is 9.63. The highest BCUT2D eigenvalue weighted by Gasteiger charge is 2.44. The van der Waals surface area contributed by atoms with Gasteiger partial charge in [-0.15, -0.1) is 0 Å². The number of fused-ring (bicyclic) bond motifs is 1. The number of aliphatic hydroxyl groups is 1. The van der Waals surface area contributed by atoms with Crippen molar-refractivity contribution in [1.29, 1.82) is 0 Å². The Hall–Kier alpha value is -2.68. The maximum atomic E-state index is 13.1. The Morgan fingerprint density at radius 2 is 1.77 bits per heavy atom. The number of carbonyl (C=O) groups excluding carboxylic acids is 1. The fourth-order valence-electron chi connectivity index (χ4n) is 4.27. The number of likely N-dealkylation sites (tertiary alicyclic amines) is 1. The maximum absolute atomic E-state index is 13.1. The van der Waals surface area contributed by atoms with Gasteiger partial charge in [-0.1, -0.05) is 0 Å². The fraction of sp³-hybridized carbons (Fsp3) is 0.429. The maximum Gasteiger partial charge on any atom is 0.433 e. The third-order valence-corrected chi connectivity index (χ3v) is 5.77. The lowest BCUT2D eigenvalue weighted by atomic mass is 9.78. The van der Waals surface area contributed by atoms with Gasteiger partial charge in [0, 0.05) is 24.8 Å². The number of pyridine rings is 1. The highest BCUT2D eigenvalue weighted by atomic mass is 19.4. The summed E-state index contributed by atoms with van der Waals surface area (Å²) < 4.78 is 57.5. The van der Waals surface area contributed by atoms with Crippen molar-refractivity contribution in [3.05, 3.63) is 59.7 Å². The van der Waals surface area contributed by atoms with E-state index in [1.807, 2.05) is 0 Å². The van der Waals surface area contributed by atoms with Crippen LogP contribution in [0.5, 0.6) is 5.75 Å².